The van der Waals surface area contributed by atoms with Crippen LogP contribution in [0.1, 0.15) is 18.4 Å². The Morgan fingerprint density at radius 1 is 1.40 bits per heavy atom. The number of benzene rings is 1. The monoisotopic (exact) mass is 227 g/mol. The first-order valence-corrected chi connectivity index (χ1v) is 6.31. The number of aryl methyl sites for hydroxylation is 1. The van der Waals surface area contributed by atoms with Crippen molar-refractivity contribution >= 4 is 10.0 Å². The molecular formula is C10H13NO3S. The summed E-state index contributed by atoms with van der Waals surface area (Å²) >= 11 is 0. The number of nitrogens with two attached hydrogens (primary N) is 1. The molecule has 2 N–H and O–H groups in total. The summed E-state index contributed by atoms with van der Waals surface area (Å²) in [7, 11) is -3.69. The van der Waals surface area contributed by atoms with Crippen molar-refractivity contribution in [3.05, 3.63) is 23.8 Å². The Morgan fingerprint density at radius 3 is 2.60 bits per heavy atom. The third kappa shape index (κ3) is 2.49. The fourth-order valence-electron chi connectivity index (χ4n) is 1.31. The molecule has 15 heavy (non-hydrogen) atoms. The largest absolute Gasteiger partial charge is 0.489 e. The Labute approximate surface area is 89.1 Å². The summed E-state index contributed by atoms with van der Waals surface area (Å²) < 4.78 is 28.0. The summed E-state index contributed by atoms with van der Waals surface area (Å²) in [6.07, 6.45) is 2.13. The molecule has 5 heteroatoms. The molecule has 1 aliphatic rings. The molecule has 0 heterocycles. The molecule has 1 fully saturated rings. The highest BCUT2D eigenvalue weighted by Gasteiger charge is 2.26. The van der Waals surface area contributed by atoms with Crippen LogP contribution in [0, 0.1) is 6.92 Å². The Hall–Kier alpha value is -1.07. The molecule has 2 rings (SSSR count). The zero-order chi connectivity index (χ0) is 11.1. The topological polar surface area (TPSA) is 69.4 Å². The summed E-state index contributed by atoms with van der Waals surface area (Å²) in [6, 6.07) is 4.90. The highest BCUT2D eigenvalue weighted by molar-refractivity contribution is 7.89. The van der Waals surface area contributed by atoms with Gasteiger partial charge >= 0.3 is 0 Å². The van der Waals surface area contributed by atoms with Crippen molar-refractivity contribution < 1.29 is 13.2 Å². The fraction of sp³-hybridized carbons (Fsp3) is 0.400. The molecule has 1 aromatic rings. The summed E-state index contributed by atoms with van der Waals surface area (Å²) in [6.45, 7) is 1.88. The predicted octanol–water partition coefficient (Wildman–Crippen LogP) is 1.18. The van der Waals surface area contributed by atoms with Gasteiger partial charge in [-0.25, -0.2) is 13.6 Å². The van der Waals surface area contributed by atoms with Crippen molar-refractivity contribution in [1.29, 1.82) is 0 Å². The predicted molar refractivity (Wildman–Crippen MR) is 56.2 cm³/mol. The van der Waals surface area contributed by atoms with E-state index in [4.69, 9.17) is 9.88 Å². The average molecular weight is 227 g/mol. The van der Waals surface area contributed by atoms with Gasteiger partial charge in [-0.2, -0.15) is 0 Å². The molecule has 4 nitrogen and oxygen atoms in total. The molecule has 82 valence electrons. The van der Waals surface area contributed by atoms with E-state index >= 15 is 0 Å². The Balaban J connectivity index is 2.43. The van der Waals surface area contributed by atoms with E-state index in [2.05, 4.69) is 0 Å². The van der Waals surface area contributed by atoms with E-state index in [1.54, 1.807) is 12.1 Å². The van der Waals surface area contributed by atoms with E-state index in [0.717, 1.165) is 18.4 Å². The molecule has 0 bridgehead atoms. The summed E-state index contributed by atoms with van der Waals surface area (Å²) in [5, 5.41) is 5.10. The third-order valence-electron chi connectivity index (χ3n) is 2.22. The van der Waals surface area contributed by atoms with Gasteiger partial charge in [-0.1, -0.05) is 6.07 Å². The third-order valence-corrected chi connectivity index (χ3v) is 3.17. The Kier molecular flexibility index (Phi) is 2.44. The van der Waals surface area contributed by atoms with Gasteiger partial charge in [-0.3, -0.25) is 0 Å². The number of primary sulfonamides is 1. The molecule has 1 aliphatic carbocycles. The lowest BCUT2D eigenvalue weighted by Gasteiger charge is -2.09. The van der Waals surface area contributed by atoms with Crippen LogP contribution in [0.15, 0.2) is 23.1 Å². The lowest BCUT2D eigenvalue weighted by atomic mass is 10.2. The van der Waals surface area contributed by atoms with Crippen molar-refractivity contribution in [1.82, 2.24) is 0 Å². The number of ether oxygens (including phenoxy) is 1. The van der Waals surface area contributed by atoms with Gasteiger partial charge in [0.05, 0.1) is 6.10 Å². The van der Waals surface area contributed by atoms with Gasteiger partial charge in [-0.15, -0.1) is 0 Å². The smallest absolute Gasteiger partial charge is 0.241 e. The van der Waals surface area contributed by atoms with E-state index in [1.165, 1.54) is 6.07 Å². The van der Waals surface area contributed by atoms with Gasteiger partial charge < -0.3 is 4.74 Å². The van der Waals surface area contributed by atoms with Crippen molar-refractivity contribution in [3.8, 4) is 5.75 Å². The maximum atomic E-state index is 11.3. The van der Waals surface area contributed by atoms with Crippen LogP contribution in [-0.2, 0) is 10.0 Å². The molecule has 1 saturated carbocycles. The quantitative estimate of drug-likeness (QED) is 0.843. The van der Waals surface area contributed by atoms with Gasteiger partial charge in [0.2, 0.25) is 10.0 Å². The first-order valence-electron chi connectivity index (χ1n) is 4.77. The van der Waals surface area contributed by atoms with Crippen LogP contribution in [0.3, 0.4) is 0 Å². The molecule has 0 saturated heterocycles. The van der Waals surface area contributed by atoms with Crippen molar-refractivity contribution in [3.63, 3.8) is 0 Å². The second-order valence-electron chi connectivity index (χ2n) is 3.81. The Morgan fingerprint density at radius 2 is 2.07 bits per heavy atom. The average Bonchev–Trinajstić information content (AvgIpc) is 2.85. The van der Waals surface area contributed by atoms with Crippen LogP contribution in [0.5, 0.6) is 5.75 Å². The first-order chi connectivity index (χ1) is 6.97. The van der Waals surface area contributed by atoms with Crippen LogP contribution in [0.4, 0.5) is 0 Å². The standard InChI is InChI=1S/C10H13NO3S/c1-7-2-5-10(15(11,12)13)9(6-7)14-8-3-4-8/h2,5-6,8H,3-4H2,1H3,(H2,11,12,13). The van der Waals surface area contributed by atoms with E-state index in [1.807, 2.05) is 6.92 Å². The van der Waals surface area contributed by atoms with Gasteiger partial charge in [0.15, 0.2) is 0 Å². The molecule has 1 aromatic carbocycles. The minimum absolute atomic E-state index is 0.0694. The Bertz CT molecular complexity index is 477. The molecular weight excluding hydrogens is 214 g/mol. The van der Waals surface area contributed by atoms with E-state index in [-0.39, 0.29) is 11.0 Å². The summed E-state index contributed by atoms with van der Waals surface area (Å²) in [4.78, 5) is 0.0694. The maximum absolute atomic E-state index is 11.3. The van der Waals surface area contributed by atoms with E-state index in [9.17, 15) is 8.42 Å². The highest BCUT2D eigenvalue weighted by Crippen LogP contribution is 2.31. The second kappa shape index (κ2) is 3.50. The van der Waals surface area contributed by atoms with Crippen LogP contribution in [0.2, 0.25) is 0 Å². The molecule has 0 radical (unpaired) electrons. The number of hydrogen-bond donors (Lipinski definition) is 1. The fourth-order valence-corrected chi connectivity index (χ4v) is 1.95. The summed E-state index contributed by atoms with van der Waals surface area (Å²) in [5.41, 5.74) is 0.957. The zero-order valence-corrected chi connectivity index (χ0v) is 9.25. The molecule has 0 amide bonds. The van der Waals surface area contributed by atoms with E-state index in [0.29, 0.717) is 5.75 Å². The van der Waals surface area contributed by atoms with Crippen molar-refractivity contribution in [2.24, 2.45) is 5.14 Å². The van der Waals surface area contributed by atoms with Crippen LogP contribution < -0.4 is 9.88 Å². The zero-order valence-electron chi connectivity index (χ0n) is 8.43. The van der Waals surface area contributed by atoms with Crippen LogP contribution >= 0.6 is 0 Å². The maximum Gasteiger partial charge on any atom is 0.241 e. The highest BCUT2D eigenvalue weighted by atomic mass is 32.2. The number of hydrogen-bond acceptors (Lipinski definition) is 3. The molecule has 0 unspecified atom stereocenters. The lowest BCUT2D eigenvalue weighted by Crippen LogP contribution is -2.14. The minimum Gasteiger partial charge on any atom is -0.489 e. The molecule has 0 atom stereocenters. The first kappa shape index (κ1) is 10.4. The SMILES string of the molecule is Cc1ccc(S(N)(=O)=O)c(OC2CC2)c1. The van der Waals surface area contributed by atoms with Gasteiger partial charge in [0.25, 0.3) is 0 Å². The molecule has 0 aliphatic heterocycles. The van der Waals surface area contributed by atoms with E-state index < -0.39 is 10.0 Å². The minimum atomic E-state index is -3.69. The lowest BCUT2D eigenvalue weighted by molar-refractivity contribution is 0.295. The van der Waals surface area contributed by atoms with Crippen molar-refractivity contribution in [2.45, 2.75) is 30.8 Å². The van der Waals surface area contributed by atoms with Crippen LogP contribution in [0.25, 0.3) is 0 Å². The number of sulfonamides is 1. The molecule has 0 spiro atoms. The van der Waals surface area contributed by atoms with Crippen LogP contribution in [-0.4, -0.2) is 14.5 Å². The molecule has 0 aromatic heterocycles. The van der Waals surface area contributed by atoms with Gasteiger partial charge in [0, 0.05) is 0 Å². The number of rotatable bonds is 3. The van der Waals surface area contributed by atoms with Gasteiger partial charge in [-0.05, 0) is 37.5 Å². The second-order valence-corrected chi connectivity index (χ2v) is 5.34. The van der Waals surface area contributed by atoms with Gasteiger partial charge in [0.1, 0.15) is 10.6 Å². The van der Waals surface area contributed by atoms with Crippen molar-refractivity contribution in [2.75, 3.05) is 0 Å². The summed E-state index contributed by atoms with van der Waals surface area (Å²) in [5.74, 6) is 0.375. The normalized spacial score (nSPS) is 16.4.